The molecule has 0 spiro atoms. The van der Waals surface area contributed by atoms with E-state index in [-0.39, 0.29) is 19.3 Å². The Kier molecular flexibility index (Phi) is 4.76. The van der Waals surface area contributed by atoms with Gasteiger partial charge in [0.15, 0.2) is 0 Å². The van der Waals surface area contributed by atoms with E-state index in [4.69, 9.17) is 14.8 Å². The molecule has 26 heavy (non-hydrogen) atoms. The van der Waals surface area contributed by atoms with Crippen LogP contribution in [0.2, 0.25) is 0 Å². The van der Waals surface area contributed by atoms with Crippen molar-refractivity contribution in [3.05, 3.63) is 30.6 Å². The normalized spacial score (nSPS) is 17.3. The van der Waals surface area contributed by atoms with E-state index in [0.29, 0.717) is 0 Å². The van der Waals surface area contributed by atoms with E-state index in [1.165, 1.54) is 0 Å². The highest BCUT2D eigenvalue weighted by molar-refractivity contribution is 6.06. The number of pyridine rings is 2. The second kappa shape index (κ2) is 7.19. The van der Waals surface area contributed by atoms with Gasteiger partial charge in [-0.15, -0.1) is 0 Å². The van der Waals surface area contributed by atoms with Gasteiger partial charge in [-0.1, -0.05) is 0 Å². The molecular weight excluding hydrogens is 332 g/mol. The second-order valence-corrected chi connectivity index (χ2v) is 6.85. The molecular formula is C19H24N4O3. The first-order chi connectivity index (χ1) is 12.7. The average molecular weight is 356 g/mol. The van der Waals surface area contributed by atoms with Crippen molar-refractivity contribution in [3.63, 3.8) is 0 Å². The molecule has 2 N–H and O–H groups in total. The zero-order valence-corrected chi connectivity index (χ0v) is 14.9. The summed E-state index contributed by atoms with van der Waals surface area (Å²) in [5, 5.41) is 20.5. The molecule has 4 rings (SSSR count). The van der Waals surface area contributed by atoms with Crippen LogP contribution < -0.4 is 4.90 Å². The van der Waals surface area contributed by atoms with Gasteiger partial charge in [-0.2, -0.15) is 0 Å². The maximum atomic E-state index is 9.40. The maximum absolute atomic E-state index is 9.40. The van der Waals surface area contributed by atoms with E-state index < -0.39 is 6.10 Å². The minimum Gasteiger partial charge on any atom is -0.394 e. The van der Waals surface area contributed by atoms with Crippen molar-refractivity contribution in [2.24, 2.45) is 7.05 Å². The number of hydrogen-bond donors (Lipinski definition) is 2. The van der Waals surface area contributed by atoms with Crippen LogP contribution in [0.25, 0.3) is 21.9 Å². The largest absolute Gasteiger partial charge is 0.394 e. The molecule has 0 saturated carbocycles. The van der Waals surface area contributed by atoms with Crippen LogP contribution in [0.4, 0.5) is 5.82 Å². The molecule has 0 amide bonds. The Balaban J connectivity index is 1.50. The molecule has 1 fully saturated rings. The Morgan fingerprint density at radius 3 is 2.81 bits per heavy atom. The lowest BCUT2D eigenvalue weighted by atomic mass is 10.1. The number of aliphatic hydroxyl groups excluding tert-OH is 2. The Morgan fingerprint density at radius 2 is 2.04 bits per heavy atom. The molecule has 1 unspecified atom stereocenters. The number of aromatic nitrogens is 3. The average Bonchev–Trinajstić information content (AvgIpc) is 2.99. The first-order valence-electron chi connectivity index (χ1n) is 9.02. The van der Waals surface area contributed by atoms with Crippen LogP contribution in [0, 0.1) is 0 Å². The Hall–Kier alpha value is -2.22. The van der Waals surface area contributed by atoms with Gasteiger partial charge in [-0.25, -0.2) is 4.98 Å². The van der Waals surface area contributed by atoms with E-state index in [1.54, 1.807) is 6.20 Å². The van der Waals surface area contributed by atoms with Crippen LogP contribution in [-0.4, -0.2) is 63.3 Å². The molecule has 1 atom stereocenters. The molecule has 0 bridgehead atoms. The number of rotatable bonds is 5. The van der Waals surface area contributed by atoms with Crippen molar-refractivity contribution < 1.29 is 14.9 Å². The summed E-state index contributed by atoms with van der Waals surface area (Å²) in [6.45, 7) is 1.66. The molecule has 0 aliphatic carbocycles. The van der Waals surface area contributed by atoms with Gasteiger partial charge in [0, 0.05) is 43.3 Å². The number of anilines is 1. The van der Waals surface area contributed by atoms with Crippen molar-refractivity contribution in [3.8, 4) is 0 Å². The van der Waals surface area contributed by atoms with Crippen LogP contribution in [0.5, 0.6) is 0 Å². The van der Waals surface area contributed by atoms with Crippen molar-refractivity contribution in [1.29, 1.82) is 0 Å². The topological polar surface area (TPSA) is 83.6 Å². The summed E-state index contributed by atoms with van der Waals surface area (Å²) in [6.07, 6.45) is 4.80. The summed E-state index contributed by atoms with van der Waals surface area (Å²) >= 11 is 0. The number of aliphatic hydroxyl groups is 2. The number of fused-ring (bicyclic) bond motifs is 3. The van der Waals surface area contributed by atoms with Gasteiger partial charge in [-0.05, 0) is 31.0 Å². The van der Waals surface area contributed by atoms with E-state index in [1.807, 2.05) is 19.3 Å². The lowest BCUT2D eigenvalue weighted by Crippen LogP contribution is -2.38. The fourth-order valence-electron chi connectivity index (χ4n) is 3.63. The Labute approximate surface area is 151 Å². The smallest absolute Gasteiger partial charge is 0.143 e. The number of ether oxygens (including phenoxy) is 1. The summed E-state index contributed by atoms with van der Waals surface area (Å²) in [4.78, 5) is 11.4. The van der Waals surface area contributed by atoms with Crippen LogP contribution in [0.15, 0.2) is 30.6 Å². The zero-order valence-electron chi connectivity index (χ0n) is 14.9. The third-order valence-electron chi connectivity index (χ3n) is 5.13. The summed E-state index contributed by atoms with van der Waals surface area (Å²) in [5.74, 6) is 0.977. The van der Waals surface area contributed by atoms with Crippen molar-refractivity contribution in [1.82, 2.24) is 14.5 Å². The molecule has 1 aliphatic heterocycles. The minimum atomic E-state index is -0.793. The molecule has 3 aromatic rings. The third-order valence-corrected chi connectivity index (χ3v) is 5.13. The second-order valence-electron chi connectivity index (χ2n) is 6.85. The highest BCUT2D eigenvalue weighted by Gasteiger charge is 2.22. The van der Waals surface area contributed by atoms with Crippen LogP contribution in [0.3, 0.4) is 0 Å². The lowest BCUT2D eigenvalue weighted by Gasteiger charge is -2.33. The highest BCUT2D eigenvalue weighted by atomic mass is 16.5. The summed E-state index contributed by atoms with van der Waals surface area (Å²) in [6, 6.07) is 6.22. The predicted molar refractivity (Wildman–Crippen MR) is 100 cm³/mol. The molecule has 1 aliphatic rings. The lowest BCUT2D eigenvalue weighted by molar-refractivity contribution is -0.0355. The molecule has 1 saturated heterocycles. The van der Waals surface area contributed by atoms with Gasteiger partial charge in [0.2, 0.25) is 0 Å². The number of piperidine rings is 1. The van der Waals surface area contributed by atoms with Crippen molar-refractivity contribution in [2.45, 2.75) is 25.0 Å². The molecule has 3 aromatic heterocycles. The minimum absolute atomic E-state index is 0.125. The quantitative estimate of drug-likeness (QED) is 0.720. The van der Waals surface area contributed by atoms with Crippen LogP contribution >= 0.6 is 0 Å². The van der Waals surface area contributed by atoms with Gasteiger partial charge in [0.1, 0.15) is 17.6 Å². The van der Waals surface area contributed by atoms with E-state index in [0.717, 1.165) is 53.7 Å². The van der Waals surface area contributed by atoms with Crippen molar-refractivity contribution >= 4 is 27.8 Å². The first kappa shape index (κ1) is 17.2. The summed E-state index contributed by atoms with van der Waals surface area (Å²) < 4.78 is 7.79. The summed E-state index contributed by atoms with van der Waals surface area (Å²) in [5.41, 5.74) is 2.10. The van der Waals surface area contributed by atoms with Gasteiger partial charge in [-0.3, -0.25) is 4.98 Å². The molecule has 0 aromatic carbocycles. The molecule has 138 valence electrons. The first-order valence-corrected chi connectivity index (χ1v) is 9.02. The molecule has 4 heterocycles. The monoisotopic (exact) mass is 356 g/mol. The van der Waals surface area contributed by atoms with Gasteiger partial charge < -0.3 is 24.4 Å². The predicted octanol–water partition coefficient (Wildman–Crippen LogP) is 1.46. The molecule has 7 heteroatoms. The van der Waals surface area contributed by atoms with E-state index in [9.17, 15) is 5.11 Å². The fraction of sp³-hybridized carbons (Fsp3) is 0.474. The Bertz CT molecular complexity index is 902. The van der Waals surface area contributed by atoms with Gasteiger partial charge >= 0.3 is 0 Å². The van der Waals surface area contributed by atoms with E-state index >= 15 is 0 Å². The number of hydrogen-bond acceptors (Lipinski definition) is 6. The third kappa shape index (κ3) is 3.13. The van der Waals surface area contributed by atoms with Gasteiger partial charge in [0.25, 0.3) is 0 Å². The van der Waals surface area contributed by atoms with Crippen LogP contribution in [-0.2, 0) is 11.8 Å². The van der Waals surface area contributed by atoms with Gasteiger partial charge in [0.05, 0.1) is 24.8 Å². The number of nitrogens with zero attached hydrogens (tertiary/aromatic N) is 4. The Morgan fingerprint density at radius 1 is 1.23 bits per heavy atom. The molecule has 0 radical (unpaired) electrons. The zero-order chi connectivity index (χ0) is 18.1. The standard InChI is InChI=1S/C19H24N4O3/c1-22-17-4-7-20-10-16(17)15-2-3-18(21-19(15)22)23-8-5-14(6-9-23)26-12-13(25)11-24/h2-4,7,10,13-14,24-25H,5-6,8-9,11-12H2,1H3. The summed E-state index contributed by atoms with van der Waals surface area (Å²) in [7, 11) is 2.04. The fourth-order valence-corrected chi connectivity index (χ4v) is 3.63. The van der Waals surface area contributed by atoms with Crippen LogP contribution in [0.1, 0.15) is 12.8 Å². The highest BCUT2D eigenvalue weighted by Crippen LogP contribution is 2.29. The molecule has 7 nitrogen and oxygen atoms in total. The maximum Gasteiger partial charge on any atom is 0.143 e. The van der Waals surface area contributed by atoms with E-state index in [2.05, 4.69) is 26.6 Å². The number of aryl methyl sites for hydroxylation is 1. The SMILES string of the molecule is Cn1c2ccncc2c2ccc(N3CCC(OCC(O)CO)CC3)nc21. The van der Waals surface area contributed by atoms with Crippen molar-refractivity contribution in [2.75, 3.05) is 31.2 Å².